The minimum absolute atomic E-state index is 0.197. The molecular formula is C8H8N2O3S. The standard InChI is InChI=1S/C8H8N2O3S/c9-14(12,13)8(11)7-4-2-1-3-6(7)5-10-8/h1-5,11H,(H2,9,12,13). The van der Waals surface area contributed by atoms with Crippen LogP contribution in [0.25, 0.3) is 0 Å². The quantitative estimate of drug-likeness (QED) is 0.657. The summed E-state index contributed by atoms with van der Waals surface area (Å²) in [5, 5.41) is 12.4. The fourth-order valence-electron chi connectivity index (χ4n) is 1.36. The summed E-state index contributed by atoms with van der Waals surface area (Å²) in [6.07, 6.45) is 1.29. The summed E-state index contributed by atoms with van der Waals surface area (Å²) in [6, 6.07) is 6.47. The Kier molecular flexibility index (Phi) is 1.75. The lowest BCUT2D eigenvalue weighted by Crippen LogP contribution is -2.37. The average molecular weight is 212 g/mol. The number of aliphatic imine (C=N–C) groups is 1. The molecule has 0 fully saturated rings. The van der Waals surface area contributed by atoms with Gasteiger partial charge in [-0.25, -0.2) is 18.5 Å². The molecule has 0 radical (unpaired) electrons. The molecule has 1 aromatic rings. The summed E-state index contributed by atoms with van der Waals surface area (Å²) in [7, 11) is -4.16. The molecule has 0 spiro atoms. The molecule has 74 valence electrons. The molecule has 1 unspecified atom stereocenters. The van der Waals surface area contributed by atoms with Crippen molar-refractivity contribution in [1.82, 2.24) is 0 Å². The third-order valence-electron chi connectivity index (χ3n) is 2.09. The van der Waals surface area contributed by atoms with Crippen LogP contribution < -0.4 is 5.14 Å². The zero-order chi connectivity index (χ0) is 10.4. The molecule has 1 aliphatic heterocycles. The van der Waals surface area contributed by atoms with Crippen LogP contribution in [0.1, 0.15) is 11.1 Å². The van der Waals surface area contributed by atoms with Crippen LogP contribution in [0.4, 0.5) is 0 Å². The van der Waals surface area contributed by atoms with Crippen LogP contribution in [0.5, 0.6) is 0 Å². The number of hydrogen-bond donors (Lipinski definition) is 2. The number of nitrogens with zero attached hydrogens (tertiary/aromatic N) is 1. The van der Waals surface area contributed by atoms with Crippen molar-refractivity contribution >= 4 is 16.2 Å². The highest BCUT2D eigenvalue weighted by Crippen LogP contribution is 2.33. The Hall–Kier alpha value is -1.24. The first-order valence-electron chi connectivity index (χ1n) is 3.84. The Bertz CT molecular complexity index is 509. The van der Waals surface area contributed by atoms with E-state index in [2.05, 4.69) is 4.99 Å². The summed E-state index contributed by atoms with van der Waals surface area (Å²) in [5.41, 5.74) is 0.756. The number of primary sulfonamides is 1. The van der Waals surface area contributed by atoms with Crippen LogP contribution in [0.3, 0.4) is 0 Å². The van der Waals surface area contributed by atoms with Crippen LogP contribution in [-0.4, -0.2) is 19.7 Å². The van der Waals surface area contributed by atoms with E-state index in [9.17, 15) is 13.5 Å². The maximum atomic E-state index is 11.1. The van der Waals surface area contributed by atoms with Crippen LogP contribution in [-0.2, 0) is 15.1 Å². The van der Waals surface area contributed by atoms with Crippen LogP contribution in [0.15, 0.2) is 29.3 Å². The maximum absolute atomic E-state index is 11.1. The van der Waals surface area contributed by atoms with Gasteiger partial charge >= 0.3 is 5.06 Å². The molecule has 0 saturated carbocycles. The minimum Gasteiger partial charge on any atom is -0.352 e. The highest BCUT2D eigenvalue weighted by atomic mass is 32.2. The summed E-state index contributed by atoms with van der Waals surface area (Å²) in [5.74, 6) is 0. The molecule has 0 saturated heterocycles. The van der Waals surface area contributed by atoms with Gasteiger partial charge in [0.1, 0.15) is 0 Å². The molecule has 6 heteroatoms. The first kappa shape index (κ1) is 9.32. The Morgan fingerprint density at radius 3 is 2.64 bits per heavy atom. The van der Waals surface area contributed by atoms with Gasteiger partial charge in [0.05, 0.1) is 0 Å². The van der Waals surface area contributed by atoms with Crippen LogP contribution in [0.2, 0.25) is 0 Å². The van der Waals surface area contributed by atoms with Crippen molar-refractivity contribution in [2.75, 3.05) is 0 Å². The maximum Gasteiger partial charge on any atom is 0.301 e. The molecule has 1 aliphatic rings. The summed E-state index contributed by atoms with van der Waals surface area (Å²) >= 11 is 0. The molecule has 1 heterocycles. The molecule has 0 bridgehead atoms. The summed E-state index contributed by atoms with van der Waals surface area (Å²) in [4.78, 5) is 3.52. The number of sulfonamides is 1. The van der Waals surface area contributed by atoms with Gasteiger partial charge in [-0.1, -0.05) is 24.3 Å². The third kappa shape index (κ3) is 1.08. The molecule has 14 heavy (non-hydrogen) atoms. The normalized spacial score (nSPS) is 25.0. The van der Waals surface area contributed by atoms with Gasteiger partial charge in [-0.15, -0.1) is 0 Å². The van der Waals surface area contributed by atoms with E-state index in [1.165, 1.54) is 12.3 Å². The first-order chi connectivity index (χ1) is 6.45. The van der Waals surface area contributed by atoms with E-state index in [0.717, 1.165) is 0 Å². The number of benzene rings is 1. The van der Waals surface area contributed by atoms with Gasteiger partial charge in [0.2, 0.25) is 0 Å². The number of rotatable bonds is 1. The van der Waals surface area contributed by atoms with Gasteiger partial charge in [0.25, 0.3) is 10.0 Å². The Labute approximate surface area is 80.9 Å². The van der Waals surface area contributed by atoms with E-state index in [-0.39, 0.29) is 5.56 Å². The van der Waals surface area contributed by atoms with Crippen molar-refractivity contribution in [2.24, 2.45) is 10.1 Å². The lowest BCUT2D eigenvalue weighted by molar-refractivity contribution is 0.138. The van der Waals surface area contributed by atoms with E-state index in [0.29, 0.717) is 5.56 Å². The van der Waals surface area contributed by atoms with Gasteiger partial charge in [-0.05, 0) is 0 Å². The van der Waals surface area contributed by atoms with E-state index < -0.39 is 15.1 Å². The summed E-state index contributed by atoms with van der Waals surface area (Å²) < 4.78 is 22.3. The van der Waals surface area contributed by atoms with Gasteiger partial charge in [0.15, 0.2) is 0 Å². The highest BCUT2D eigenvalue weighted by Gasteiger charge is 2.45. The second kappa shape index (κ2) is 2.63. The number of aliphatic hydroxyl groups is 1. The van der Waals surface area contributed by atoms with Gasteiger partial charge in [0, 0.05) is 17.3 Å². The average Bonchev–Trinajstić information content (AvgIpc) is 2.45. The molecular weight excluding hydrogens is 204 g/mol. The topological polar surface area (TPSA) is 92.8 Å². The molecule has 5 nitrogen and oxygen atoms in total. The monoisotopic (exact) mass is 212 g/mol. The van der Waals surface area contributed by atoms with E-state index >= 15 is 0 Å². The highest BCUT2D eigenvalue weighted by molar-refractivity contribution is 7.89. The molecule has 0 aromatic heterocycles. The van der Waals surface area contributed by atoms with Crippen molar-refractivity contribution in [2.45, 2.75) is 5.06 Å². The van der Waals surface area contributed by atoms with Crippen LogP contribution in [0, 0.1) is 0 Å². The summed E-state index contributed by atoms with van der Waals surface area (Å²) in [6.45, 7) is 0. The Morgan fingerprint density at radius 1 is 1.36 bits per heavy atom. The predicted octanol–water partition coefficient (Wildman–Crippen LogP) is -0.490. The largest absolute Gasteiger partial charge is 0.352 e. The van der Waals surface area contributed by atoms with Gasteiger partial charge in [-0.3, -0.25) is 0 Å². The third-order valence-corrected chi connectivity index (χ3v) is 3.21. The fourth-order valence-corrected chi connectivity index (χ4v) is 2.05. The molecule has 1 aromatic carbocycles. The van der Waals surface area contributed by atoms with Crippen molar-refractivity contribution in [1.29, 1.82) is 0 Å². The first-order valence-corrected chi connectivity index (χ1v) is 5.39. The predicted molar refractivity (Wildman–Crippen MR) is 51.0 cm³/mol. The number of nitrogens with two attached hydrogens (primary N) is 1. The molecule has 0 aliphatic carbocycles. The number of fused-ring (bicyclic) bond motifs is 1. The van der Waals surface area contributed by atoms with Crippen LogP contribution >= 0.6 is 0 Å². The minimum atomic E-state index is -4.16. The zero-order valence-electron chi connectivity index (χ0n) is 7.08. The Morgan fingerprint density at radius 2 is 2.00 bits per heavy atom. The zero-order valence-corrected chi connectivity index (χ0v) is 7.90. The van der Waals surface area contributed by atoms with Gasteiger partial charge in [-0.2, -0.15) is 0 Å². The number of hydrogen-bond acceptors (Lipinski definition) is 4. The van der Waals surface area contributed by atoms with E-state index in [1.54, 1.807) is 18.2 Å². The van der Waals surface area contributed by atoms with Crippen molar-refractivity contribution in [3.8, 4) is 0 Å². The SMILES string of the molecule is NS(=O)(=O)C1(O)N=Cc2ccccc21. The smallest absolute Gasteiger partial charge is 0.301 e. The second-order valence-electron chi connectivity index (χ2n) is 3.00. The lowest BCUT2D eigenvalue weighted by atomic mass is 10.1. The van der Waals surface area contributed by atoms with Crippen molar-refractivity contribution in [3.63, 3.8) is 0 Å². The Balaban J connectivity index is 2.71. The van der Waals surface area contributed by atoms with Crippen molar-refractivity contribution < 1.29 is 13.5 Å². The van der Waals surface area contributed by atoms with E-state index in [1.807, 2.05) is 0 Å². The fraction of sp³-hybridized carbons (Fsp3) is 0.125. The molecule has 0 amide bonds. The van der Waals surface area contributed by atoms with Crippen molar-refractivity contribution in [3.05, 3.63) is 35.4 Å². The van der Waals surface area contributed by atoms with E-state index in [4.69, 9.17) is 5.14 Å². The molecule has 2 rings (SSSR count). The molecule has 3 N–H and O–H groups in total. The second-order valence-corrected chi connectivity index (χ2v) is 4.66. The van der Waals surface area contributed by atoms with Gasteiger partial charge < -0.3 is 5.11 Å². The molecule has 1 atom stereocenters. The lowest BCUT2D eigenvalue weighted by Gasteiger charge is -2.17.